The molecule has 1 rings (SSSR count). The van der Waals surface area contributed by atoms with Crippen LogP contribution < -0.4 is 5.32 Å². The lowest BCUT2D eigenvalue weighted by Gasteiger charge is -2.24. The summed E-state index contributed by atoms with van der Waals surface area (Å²) in [5, 5.41) is 2.42. The van der Waals surface area contributed by atoms with Crippen LogP contribution in [0.2, 0.25) is 0 Å². The number of likely N-dealkylation sites (N-methyl/N-ethyl adjacent to an activating group) is 1. The van der Waals surface area contributed by atoms with Crippen molar-refractivity contribution in [3.05, 3.63) is 23.3 Å². The van der Waals surface area contributed by atoms with Gasteiger partial charge in [0.1, 0.15) is 12.3 Å². The molecule has 0 aromatic rings. The van der Waals surface area contributed by atoms with Gasteiger partial charge < -0.3 is 10.1 Å². The molecule has 0 aliphatic carbocycles. The zero-order valence-electron chi connectivity index (χ0n) is 11.8. The van der Waals surface area contributed by atoms with Crippen LogP contribution in [0.3, 0.4) is 0 Å². The molecular weight excluding hydrogens is 260 g/mol. The molecule has 20 heavy (non-hydrogen) atoms. The van der Waals surface area contributed by atoms with Crippen molar-refractivity contribution < 1.29 is 19.2 Å². The number of hydrogen-bond acceptors (Lipinski definition) is 4. The maximum atomic E-state index is 12.3. The topological polar surface area (TPSA) is 83.6 Å². The Labute approximate surface area is 117 Å². The second-order valence-corrected chi connectivity index (χ2v) is 4.39. The van der Waals surface area contributed by atoms with Crippen molar-refractivity contribution in [1.29, 1.82) is 0 Å². The molecule has 1 atom stereocenters. The number of nitrogens with zero attached hydrogens (tertiary/aromatic N) is 1. The Kier molecular flexibility index (Phi) is 5.37. The fraction of sp³-hybridized carbons (Fsp3) is 0.429. The molecule has 1 heterocycles. The van der Waals surface area contributed by atoms with E-state index in [1.807, 2.05) is 0 Å². The number of imide groups is 1. The minimum Gasteiger partial charge on any atom is -0.357 e. The Morgan fingerprint density at radius 1 is 1.35 bits per heavy atom. The summed E-state index contributed by atoms with van der Waals surface area (Å²) >= 11 is 0. The Balaban J connectivity index is 3.11. The smallest absolute Gasteiger partial charge is 0.261 e. The fourth-order valence-electron chi connectivity index (χ4n) is 2.09. The van der Waals surface area contributed by atoms with Crippen LogP contribution in [0.25, 0.3) is 0 Å². The zero-order valence-corrected chi connectivity index (χ0v) is 11.8. The molecule has 0 bridgehead atoms. The highest BCUT2D eigenvalue weighted by Gasteiger charge is 2.41. The summed E-state index contributed by atoms with van der Waals surface area (Å²) in [4.78, 5) is 47.7. The van der Waals surface area contributed by atoms with Gasteiger partial charge in [-0.1, -0.05) is 12.2 Å². The molecule has 108 valence electrons. The highest BCUT2D eigenvalue weighted by molar-refractivity contribution is 6.21. The van der Waals surface area contributed by atoms with Crippen LogP contribution in [0, 0.1) is 0 Å². The predicted octanol–water partition coefficient (Wildman–Crippen LogP) is 0.341. The van der Waals surface area contributed by atoms with Crippen molar-refractivity contribution in [2.75, 3.05) is 7.05 Å². The summed E-state index contributed by atoms with van der Waals surface area (Å²) in [7, 11) is 1.43. The van der Waals surface area contributed by atoms with Gasteiger partial charge in [0, 0.05) is 24.6 Å². The number of carbonyl (C=O) groups is 4. The predicted molar refractivity (Wildman–Crippen MR) is 72.5 cm³/mol. The van der Waals surface area contributed by atoms with Gasteiger partial charge in [0.15, 0.2) is 0 Å². The molecule has 3 amide bonds. The van der Waals surface area contributed by atoms with Crippen LogP contribution >= 0.6 is 0 Å². The molecule has 0 radical (unpaired) electrons. The van der Waals surface area contributed by atoms with Crippen LogP contribution in [0.4, 0.5) is 0 Å². The molecular formula is C14H18N2O4. The van der Waals surface area contributed by atoms with Gasteiger partial charge in [-0.05, 0) is 20.3 Å². The molecule has 0 spiro atoms. The molecule has 6 nitrogen and oxygen atoms in total. The summed E-state index contributed by atoms with van der Waals surface area (Å²) in [5.41, 5.74) is 0.602. The third-order valence-electron chi connectivity index (χ3n) is 3.14. The first kappa shape index (κ1) is 15.8. The molecule has 0 saturated heterocycles. The van der Waals surface area contributed by atoms with Gasteiger partial charge in [-0.3, -0.25) is 19.3 Å². The summed E-state index contributed by atoms with van der Waals surface area (Å²) in [6.45, 7) is 3.29. The van der Waals surface area contributed by atoms with Crippen LogP contribution in [-0.2, 0) is 19.2 Å². The van der Waals surface area contributed by atoms with E-state index in [0.29, 0.717) is 11.9 Å². The summed E-state index contributed by atoms with van der Waals surface area (Å²) < 4.78 is 0. The standard InChI is InChI=1S/C14H18N2O4/c1-4-6-10-9(2)13(19)16(14(10)20)11(7-5-8-17)12(18)15-3/h4,6,8,11H,5,7H2,1-3H3,(H,15,18)/b6-4-. The Morgan fingerprint density at radius 3 is 2.50 bits per heavy atom. The van der Waals surface area contributed by atoms with Crippen molar-refractivity contribution >= 4 is 24.0 Å². The van der Waals surface area contributed by atoms with Crippen LogP contribution in [0.15, 0.2) is 23.3 Å². The summed E-state index contributed by atoms with van der Waals surface area (Å²) in [5.74, 6) is -1.43. The highest BCUT2D eigenvalue weighted by Crippen LogP contribution is 2.25. The van der Waals surface area contributed by atoms with Crippen molar-refractivity contribution in [2.45, 2.75) is 32.7 Å². The second-order valence-electron chi connectivity index (χ2n) is 4.39. The van der Waals surface area contributed by atoms with Crippen molar-refractivity contribution in [2.24, 2.45) is 0 Å². The molecule has 1 aliphatic rings. The molecule has 0 aromatic carbocycles. The quantitative estimate of drug-likeness (QED) is 0.561. The molecule has 0 aromatic heterocycles. The lowest BCUT2D eigenvalue weighted by Crippen LogP contribution is -2.49. The third kappa shape index (κ3) is 2.84. The minimum atomic E-state index is -0.956. The summed E-state index contributed by atoms with van der Waals surface area (Å²) in [6.07, 6.45) is 4.10. The molecule has 6 heteroatoms. The maximum Gasteiger partial charge on any atom is 0.261 e. The average molecular weight is 278 g/mol. The van der Waals surface area contributed by atoms with E-state index in [4.69, 9.17) is 0 Å². The van der Waals surface area contributed by atoms with E-state index in [2.05, 4.69) is 5.32 Å². The molecule has 1 aliphatic heterocycles. The van der Waals surface area contributed by atoms with Gasteiger partial charge in [0.05, 0.1) is 0 Å². The number of nitrogens with one attached hydrogen (secondary N) is 1. The lowest BCUT2D eigenvalue weighted by atomic mass is 10.1. The number of amides is 3. The van der Waals surface area contributed by atoms with Gasteiger partial charge in [-0.15, -0.1) is 0 Å². The SMILES string of the molecule is C/C=C\C1=C(C)C(=O)N(C(CCC=O)C(=O)NC)C1=O. The van der Waals surface area contributed by atoms with Crippen molar-refractivity contribution in [1.82, 2.24) is 10.2 Å². The average Bonchev–Trinajstić information content (AvgIpc) is 2.64. The van der Waals surface area contributed by atoms with E-state index in [9.17, 15) is 19.2 Å². The van der Waals surface area contributed by atoms with Crippen LogP contribution in [0.1, 0.15) is 26.7 Å². The van der Waals surface area contributed by atoms with Crippen LogP contribution in [-0.4, -0.2) is 42.0 Å². The molecule has 1 N–H and O–H groups in total. The van der Waals surface area contributed by atoms with E-state index in [-0.39, 0.29) is 18.4 Å². The maximum absolute atomic E-state index is 12.3. The van der Waals surface area contributed by atoms with Gasteiger partial charge >= 0.3 is 0 Å². The van der Waals surface area contributed by atoms with E-state index in [0.717, 1.165) is 4.90 Å². The normalized spacial score (nSPS) is 17.1. The summed E-state index contributed by atoms with van der Waals surface area (Å²) in [6, 6.07) is -0.956. The first-order valence-corrected chi connectivity index (χ1v) is 6.36. The van der Waals surface area contributed by atoms with E-state index < -0.39 is 23.8 Å². The Hall–Kier alpha value is -2.24. The largest absolute Gasteiger partial charge is 0.357 e. The fourth-order valence-corrected chi connectivity index (χ4v) is 2.09. The van der Waals surface area contributed by atoms with Gasteiger partial charge in [-0.2, -0.15) is 0 Å². The molecule has 0 saturated carbocycles. The minimum absolute atomic E-state index is 0.104. The Bertz CT molecular complexity index is 505. The number of aldehydes is 1. The van der Waals surface area contributed by atoms with Gasteiger partial charge in [0.2, 0.25) is 5.91 Å². The van der Waals surface area contributed by atoms with Gasteiger partial charge in [0.25, 0.3) is 11.8 Å². The van der Waals surface area contributed by atoms with E-state index in [1.54, 1.807) is 26.0 Å². The van der Waals surface area contributed by atoms with E-state index >= 15 is 0 Å². The van der Waals surface area contributed by atoms with Crippen molar-refractivity contribution in [3.8, 4) is 0 Å². The third-order valence-corrected chi connectivity index (χ3v) is 3.14. The second kappa shape index (κ2) is 6.79. The van der Waals surface area contributed by atoms with Crippen LogP contribution in [0.5, 0.6) is 0 Å². The number of rotatable bonds is 6. The molecule has 1 unspecified atom stereocenters. The number of allylic oxidation sites excluding steroid dienone is 1. The first-order chi connectivity index (χ1) is 9.49. The Morgan fingerprint density at radius 2 is 2.00 bits per heavy atom. The van der Waals surface area contributed by atoms with E-state index in [1.165, 1.54) is 7.05 Å². The number of carbonyl (C=O) groups excluding carboxylic acids is 4. The number of hydrogen-bond donors (Lipinski definition) is 1. The van der Waals surface area contributed by atoms with Gasteiger partial charge in [-0.25, -0.2) is 0 Å². The molecule has 0 fully saturated rings. The lowest BCUT2D eigenvalue weighted by molar-refractivity contribution is -0.146. The van der Waals surface area contributed by atoms with Crippen molar-refractivity contribution in [3.63, 3.8) is 0 Å². The highest BCUT2D eigenvalue weighted by atomic mass is 16.2. The monoisotopic (exact) mass is 278 g/mol. The zero-order chi connectivity index (χ0) is 15.3. The first-order valence-electron chi connectivity index (χ1n) is 6.36.